The predicted octanol–water partition coefficient (Wildman–Crippen LogP) is 2.56. The Kier molecular flexibility index (Phi) is 5.28. The molecule has 2 saturated heterocycles. The molecule has 1 aromatic rings. The van der Waals surface area contributed by atoms with Crippen LogP contribution in [0.25, 0.3) is 0 Å². The highest BCUT2D eigenvalue weighted by molar-refractivity contribution is 5.94. The van der Waals surface area contributed by atoms with Crippen molar-refractivity contribution in [2.24, 2.45) is 11.3 Å². The lowest BCUT2D eigenvalue weighted by Gasteiger charge is -2.47. The molecule has 0 spiro atoms. The van der Waals surface area contributed by atoms with E-state index in [0.717, 1.165) is 50.5 Å². The van der Waals surface area contributed by atoms with E-state index < -0.39 is 0 Å². The van der Waals surface area contributed by atoms with E-state index in [1.807, 2.05) is 4.90 Å². The number of likely N-dealkylation sites (tertiary alicyclic amines) is 2. The highest BCUT2D eigenvalue weighted by Crippen LogP contribution is 2.45. The van der Waals surface area contributed by atoms with Gasteiger partial charge in [0.1, 0.15) is 0 Å². The Labute approximate surface area is 156 Å². The van der Waals surface area contributed by atoms with Gasteiger partial charge in [-0.25, -0.2) is 0 Å². The van der Waals surface area contributed by atoms with Crippen molar-refractivity contribution in [1.82, 2.24) is 14.8 Å². The van der Waals surface area contributed by atoms with E-state index in [2.05, 4.69) is 9.88 Å². The molecule has 3 fully saturated rings. The van der Waals surface area contributed by atoms with E-state index in [1.165, 1.54) is 32.1 Å². The van der Waals surface area contributed by atoms with Crippen molar-refractivity contribution in [3.05, 3.63) is 30.1 Å². The second-order valence-corrected chi connectivity index (χ2v) is 8.64. The van der Waals surface area contributed by atoms with Gasteiger partial charge in [0.2, 0.25) is 0 Å². The van der Waals surface area contributed by atoms with Crippen LogP contribution in [0.2, 0.25) is 0 Å². The van der Waals surface area contributed by atoms with E-state index in [0.29, 0.717) is 12.6 Å². The normalized spacial score (nSPS) is 28.3. The lowest BCUT2D eigenvalue weighted by atomic mass is 9.75. The highest BCUT2D eigenvalue weighted by atomic mass is 16.3. The minimum atomic E-state index is 0.128. The molecule has 5 nitrogen and oxygen atoms in total. The lowest BCUT2D eigenvalue weighted by Crippen LogP contribution is -2.53. The molecule has 1 N–H and O–H groups in total. The van der Waals surface area contributed by atoms with Crippen LogP contribution in [0, 0.1) is 11.3 Å². The number of aliphatic hydroxyl groups excluding tert-OH is 1. The number of amides is 1. The predicted molar refractivity (Wildman–Crippen MR) is 101 cm³/mol. The number of hydrogen-bond acceptors (Lipinski definition) is 4. The molecule has 0 bridgehead atoms. The first-order valence-electron chi connectivity index (χ1n) is 10.2. The third-order valence-corrected chi connectivity index (χ3v) is 6.64. The highest BCUT2D eigenvalue weighted by Gasteiger charge is 2.41. The Hall–Kier alpha value is -1.46. The first-order valence-corrected chi connectivity index (χ1v) is 10.2. The van der Waals surface area contributed by atoms with Gasteiger partial charge in [0.05, 0.1) is 0 Å². The Morgan fingerprint density at radius 2 is 1.88 bits per heavy atom. The van der Waals surface area contributed by atoms with Crippen LogP contribution in [0.1, 0.15) is 55.3 Å². The summed E-state index contributed by atoms with van der Waals surface area (Å²) in [6.07, 6.45) is 11.8. The molecule has 5 heteroatoms. The second kappa shape index (κ2) is 7.65. The van der Waals surface area contributed by atoms with Crippen LogP contribution in [-0.2, 0) is 0 Å². The summed E-state index contributed by atoms with van der Waals surface area (Å²) in [6.45, 7) is 4.19. The average molecular weight is 357 g/mol. The van der Waals surface area contributed by atoms with Crippen molar-refractivity contribution in [3.8, 4) is 0 Å². The van der Waals surface area contributed by atoms with E-state index in [9.17, 15) is 9.90 Å². The van der Waals surface area contributed by atoms with Crippen molar-refractivity contribution in [1.29, 1.82) is 0 Å². The number of carbonyl (C=O) groups excluding carboxylic acids is 1. The zero-order valence-corrected chi connectivity index (χ0v) is 15.6. The van der Waals surface area contributed by atoms with Crippen LogP contribution in [0.15, 0.2) is 24.5 Å². The van der Waals surface area contributed by atoms with Crippen molar-refractivity contribution in [2.75, 3.05) is 32.8 Å². The lowest BCUT2D eigenvalue weighted by molar-refractivity contribution is -0.00962. The number of piperidine rings is 2. The maximum atomic E-state index is 12.6. The van der Waals surface area contributed by atoms with Crippen LogP contribution in [0.5, 0.6) is 0 Å². The first-order chi connectivity index (χ1) is 12.7. The Morgan fingerprint density at radius 1 is 1.15 bits per heavy atom. The molecule has 2 aliphatic heterocycles. The zero-order valence-electron chi connectivity index (χ0n) is 15.6. The maximum Gasteiger partial charge on any atom is 0.253 e. The van der Waals surface area contributed by atoms with Crippen LogP contribution in [0.4, 0.5) is 0 Å². The monoisotopic (exact) mass is 357 g/mol. The minimum Gasteiger partial charge on any atom is -0.396 e. The van der Waals surface area contributed by atoms with Gasteiger partial charge >= 0.3 is 0 Å². The van der Waals surface area contributed by atoms with Gasteiger partial charge in [-0.3, -0.25) is 14.7 Å². The summed E-state index contributed by atoms with van der Waals surface area (Å²) in [5.74, 6) is 0.991. The number of pyridine rings is 1. The van der Waals surface area contributed by atoms with Gasteiger partial charge < -0.3 is 10.0 Å². The number of carbonyl (C=O) groups is 1. The van der Waals surface area contributed by atoms with E-state index in [4.69, 9.17) is 0 Å². The van der Waals surface area contributed by atoms with Gasteiger partial charge in [-0.15, -0.1) is 0 Å². The van der Waals surface area contributed by atoms with Crippen LogP contribution in [-0.4, -0.2) is 64.6 Å². The summed E-state index contributed by atoms with van der Waals surface area (Å²) in [7, 11) is 0. The number of nitrogens with zero attached hydrogens (tertiary/aromatic N) is 3. The number of aliphatic hydroxyl groups is 1. The molecular weight excluding hydrogens is 326 g/mol. The number of hydrogen-bond donors (Lipinski definition) is 1. The molecule has 3 aliphatic rings. The molecule has 1 atom stereocenters. The third-order valence-electron chi connectivity index (χ3n) is 6.64. The smallest absolute Gasteiger partial charge is 0.253 e. The fraction of sp³-hybridized carbons (Fsp3) is 0.714. The van der Waals surface area contributed by atoms with Gasteiger partial charge in [0, 0.05) is 55.7 Å². The molecule has 3 heterocycles. The molecule has 142 valence electrons. The largest absolute Gasteiger partial charge is 0.396 e. The van der Waals surface area contributed by atoms with Gasteiger partial charge in [-0.1, -0.05) is 12.8 Å². The molecule has 1 aromatic heterocycles. The van der Waals surface area contributed by atoms with Crippen molar-refractivity contribution in [3.63, 3.8) is 0 Å². The fourth-order valence-corrected chi connectivity index (χ4v) is 4.96. The fourth-order valence-electron chi connectivity index (χ4n) is 4.96. The summed E-state index contributed by atoms with van der Waals surface area (Å²) in [5.41, 5.74) is 0.865. The SMILES string of the molecule is O=C(c1ccncc1)N1CCC(N2CCC[C@](CO)(CC3CC3)C2)CC1. The summed E-state index contributed by atoms with van der Waals surface area (Å²) in [6, 6.07) is 4.15. The van der Waals surface area contributed by atoms with Crippen LogP contribution < -0.4 is 0 Å². The average Bonchev–Trinajstić information content (AvgIpc) is 3.52. The van der Waals surface area contributed by atoms with Crippen molar-refractivity contribution < 1.29 is 9.90 Å². The van der Waals surface area contributed by atoms with Gasteiger partial charge in [-0.2, -0.15) is 0 Å². The molecule has 4 rings (SSSR count). The van der Waals surface area contributed by atoms with Crippen molar-refractivity contribution in [2.45, 2.75) is 51.0 Å². The van der Waals surface area contributed by atoms with E-state index in [1.54, 1.807) is 24.5 Å². The third kappa shape index (κ3) is 3.94. The molecule has 1 amide bonds. The first kappa shape index (κ1) is 17.9. The van der Waals surface area contributed by atoms with Gasteiger partial charge in [0.15, 0.2) is 0 Å². The zero-order chi connectivity index (χ0) is 18.0. The van der Waals surface area contributed by atoms with E-state index in [-0.39, 0.29) is 11.3 Å². The molecule has 0 unspecified atom stereocenters. The number of rotatable bonds is 5. The maximum absolute atomic E-state index is 12.6. The van der Waals surface area contributed by atoms with Crippen LogP contribution in [0.3, 0.4) is 0 Å². The summed E-state index contributed by atoms with van der Waals surface area (Å²) < 4.78 is 0. The topological polar surface area (TPSA) is 56.7 Å². The Morgan fingerprint density at radius 3 is 2.54 bits per heavy atom. The molecule has 0 aromatic carbocycles. The van der Waals surface area contributed by atoms with Gasteiger partial charge in [-0.05, 0) is 56.7 Å². The summed E-state index contributed by atoms with van der Waals surface area (Å²) in [4.78, 5) is 21.2. The minimum absolute atomic E-state index is 0.128. The summed E-state index contributed by atoms with van der Waals surface area (Å²) >= 11 is 0. The number of aromatic nitrogens is 1. The Balaban J connectivity index is 1.33. The molecule has 26 heavy (non-hydrogen) atoms. The standard InChI is InChI=1S/C21H31N3O2/c25-16-21(14-17-2-3-17)8-1-11-24(15-21)19-6-12-23(13-7-19)20(26)18-4-9-22-10-5-18/h4-5,9-10,17,19,25H,1-3,6-8,11-16H2/t21-/m0/s1. The van der Waals surface area contributed by atoms with E-state index >= 15 is 0 Å². The van der Waals surface area contributed by atoms with Gasteiger partial charge in [0.25, 0.3) is 5.91 Å². The summed E-state index contributed by atoms with van der Waals surface area (Å²) in [5, 5.41) is 10.1. The molecular formula is C21H31N3O2. The molecule has 0 radical (unpaired) electrons. The molecule has 1 saturated carbocycles. The van der Waals surface area contributed by atoms with Crippen molar-refractivity contribution >= 4 is 5.91 Å². The second-order valence-electron chi connectivity index (χ2n) is 8.64. The van der Waals surface area contributed by atoms with Crippen LogP contribution >= 0.6 is 0 Å². The molecule has 1 aliphatic carbocycles. The quantitative estimate of drug-likeness (QED) is 0.880. The Bertz CT molecular complexity index is 611.